The second kappa shape index (κ2) is 7.57. The zero-order chi connectivity index (χ0) is 16.4. The molecule has 0 unspecified atom stereocenters. The number of fused-ring (bicyclic) bond motifs is 1. The Morgan fingerprint density at radius 2 is 1.29 bits per heavy atom. The molecule has 0 amide bonds. The average Bonchev–Trinajstić information content (AvgIpc) is 2.66. The third kappa shape index (κ3) is 3.28. The van der Waals surface area contributed by atoms with E-state index in [9.17, 15) is 0 Å². The van der Waals surface area contributed by atoms with E-state index in [4.69, 9.17) is 0 Å². The Morgan fingerprint density at radius 3 is 1.92 bits per heavy atom. The van der Waals surface area contributed by atoms with Gasteiger partial charge in [0.15, 0.2) is 0 Å². The van der Waals surface area contributed by atoms with Crippen LogP contribution in [-0.4, -0.2) is 11.3 Å². The molecule has 0 spiro atoms. The van der Waals surface area contributed by atoms with Gasteiger partial charge in [-0.05, 0) is 65.6 Å². The molecular formula is C23H31P. The molecule has 0 N–H and O–H groups in total. The van der Waals surface area contributed by atoms with Gasteiger partial charge in [-0.25, -0.2) is 0 Å². The highest BCUT2D eigenvalue weighted by molar-refractivity contribution is 7.67. The van der Waals surface area contributed by atoms with Crippen LogP contribution in [0.25, 0.3) is 10.8 Å². The van der Waals surface area contributed by atoms with Crippen LogP contribution in [0, 0.1) is 6.92 Å². The fraction of sp³-hybridized carbons (Fsp3) is 0.565. The molecule has 0 saturated heterocycles. The van der Waals surface area contributed by atoms with Gasteiger partial charge in [-0.15, -0.1) is 0 Å². The first-order valence-electron chi connectivity index (χ1n) is 10.1. The van der Waals surface area contributed by atoms with E-state index in [0.717, 1.165) is 11.3 Å². The number of rotatable bonds is 3. The summed E-state index contributed by atoms with van der Waals surface area (Å²) in [5.41, 5.74) is 3.54. The van der Waals surface area contributed by atoms with Crippen LogP contribution < -0.4 is 5.30 Å². The van der Waals surface area contributed by atoms with Crippen molar-refractivity contribution in [3.8, 4) is 0 Å². The van der Waals surface area contributed by atoms with Crippen molar-refractivity contribution in [1.82, 2.24) is 0 Å². The third-order valence-corrected chi connectivity index (χ3v) is 10.0. The van der Waals surface area contributed by atoms with Crippen LogP contribution in [-0.2, 0) is 0 Å². The van der Waals surface area contributed by atoms with E-state index in [1.54, 1.807) is 16.3 Å². The second-order valence-corrected chi connectivity index (χ2v) is 10.7. The SMILES string of the molecule is Cc1ccc2ccccc2c1P(C1CCCCC1)C1CCCCC1. The summed E-state index contributed by atoms with van der Waals surface area (Å²) in [6.45, 7) is 2.38. The van der Waals surface area contributed by atoms with Crippen LogP contribution in [0.15, 0.2) is 36.4 Å². The maximum Gasteiger partial charge on any atom is -0.0104 e. The molecular weight excluding hydrogens is 307 g/mol. The first kappa shape index (κ1) is 16.6. The third-order valence-electron chi connectivity index (χ3n) is 6.30. The predicted molar refractivity (Wildman–Crippen MR) is 109 cm³/mol. The van der Waals surface area contributed by atoms with E-state index in [2.05, 4.69) is 43.3 Å². The zero-order valence-electron chi connectivity index (χ0n) is 15.1. The predicted octanol–water partition coefficient (Wildman–Crippen LogP) is 6.92. The highest BCUT2D eigenvalue weighted by Crippen LogP contribution is 2.56. The molecule has 0 nitrogen and oxygen atoms in total. The second-order valence-electron chi connectivity index (χ2n) is 7.94. The molecule has 0 heterocycles. The Bertz CT molecular complexity index is 659. The largest absolute Gasteiger partial charge is 0.0680 e. The monoisotopic (exact) mass is 338 g/mol. The molecule has 0 bridgehead atoms. The summed E-state index contributed by atoms with van der Waals surface area (Å²) in [6, 6.07) is 13.9. The molecule has 0 aliphatic heterocycles. The van der Waals surface area contributed by atoms with Crippen LogP contribution in [0.1, 0.15) is 69.8 Å². The van der Waals surface area contributed by atoms with Crippen molar-refractivity contribution in [3.63, 3.8) is 0 Å². The summed E-state index contributed by atoms with van der Waals surface area (Å²) < 4.78 is 0. The number of hydrogen-bond donors (Lipinski definition) is 0. The maximum atomic E-state index is 2.40. The van der Waals surface area contributed by atoms with Gasteiger partial charge in [0.1, 0.15) is 0 Å². The van der Waals surface area contributed by atoms with E-state index in [-0.39, 0.29) is 7.92 Å². The smallest absolute Gasteiger partial charge is 0.0104 e. The Kier molecular flexibility index (Phi) is 5.23. The minimum absolute atomic E-state index is 0.0127. The van der Waals surface area contributed by atoms with E-state index in [0.29, 0.717) is 0 Å². The quantitative estimate of drug-likeness (QED) is 0.533. The molecule has 0 aromatic heterocycles. The topological polar surface area (TPSA) is 0 Å². The normalized spacial score (nSPS) is 20.8. The van der Waals surface area contributed by atoms with Crippen molar-refractivity contribution >= 4 is 24.0 Å². The van der Waals surface area contributed by atoms with Gasteiger partial charge in [0, 0.05) is 0 Å². The van der Waals surface area contributed by atoms with Crippen molar-refractivity contribution < 1.29 is 0 Å². The summed E-state index contributed by atoms with van der Waals surface area (Å²) >= 11 is 0. The zero-order valence-corrected chi connectivity index (χ0v) is 16.0. The van der Waals surface area contributed by atoms with Crippen molar-refractivity contribution in [2.45, 2.75) is 82.4 Å². The van der Waals surface area contributed by atoms with Gasteiger partial charge in [0.2, 0.25) is 0 Å². The van der Waals surface area contributed by atoms with Crippen LogP contribution in [0.2, 0.25) is 0 Å². The van der Waals surface area contributed by atoms with Crippen molar-refractivity contribution in [1.29, 1.82) is 0 Å². The number of aryl methyl sites for hydroxylation is 1. The molecule has 2 aromatic rings. The van der Waals surface area contributed by atoms with Crippen LogP contribution >= 0.6 is 7.92 Å². The van der Waals surface area contributed by atoms with Gasteiger partial charge >= 0.3 is 0 Å². The standard InChI is InChI=1S/C23H31P/c1-18-16-17-19-10-8-9-15-22(19)23(18)24(20-11-4-2-5-12-20)21-13-6-3-7-14-21/h8-10,15-17,20-21H,2-7,11-14H2,1H3. The lowest BCUT2D eigenvalue weighted by Crippen LogP contribution is -2.27. The number of hydrogen-bond acceptors (Lipinski definition) is 0. The summed E-state index contributed by atoms with van der Waals surface area (Å²) in [5, 5.41) is 4.80. The lowest BCUT2D eigenvalue weighted by molar-refractivity contribution is 0.487. The fourth-order valence-electron chi connectivity index (χ4n) is 5.09. The average molecular weight is 338 g/mol. The molecule has 2 aliphatic rings. The van der Waals surface area contributed by atoms with Crippen LogP contribution in [0.5, 0.6) is 0 Å². The van der Waals surface area contributed by atoms with Crippen molar-refractivity contribution in [3.05, 3.63) is 42.0 Å². The van der Waals surface area contributed by atoms with Crippen molar-refractivity contribution in [2.75, 3.05) is 0 Å². The first-order valence-corrected chi connectivity index (χ1v) is 11.6. The van der Waals surface area contributed by atoms with E-state index in [1.165, 1.54) is 69.6 Å². The summed E-state index contributed by atoms with van der Waals surface area (Å²) in [4.78, 5) is 0. The van der Waals surface area contributed by atoms with Crippen LogP contribution in [0.3, 0.4) is 0 Å². The van der Waals surface area contributed by atoms with E-state index in [1.807, 2.05) is 0 Å². The Balaban J connectivity index is 1.81. The van der Waals surface area contributed by atoms with Gasteiger partial charge in [0.05, 0.1) is 0 Å². The van der Waals surface area contributed by atoms with Gasteiger partial charge in [-0.2, -0.15) is 0 Å². The molecule has 2 saturated carbocycles. The molecule has 128 valence electrons. The minimum Gasteiger partial charge on any atom is -0.0680 e. The molecule has 24 heavy (non-hydrogen) atoms. The molecule has 4 rings (SSSR count). The van der Waals surface area contributed by atoms with E-state index >= 15 is 0 Å². The highest BCUT2D eigenvalue weighted by atomic mass is 31.1. The first-order chi connectivity index (χ1) is 11.8. The van der Waals surface area contributed by atoms with Crippen LogP contribution in [0.4, 0.5) is 0 Å². The summed E-state index contributed by atoms with van der Waals surface area (Å²) in [6.07, 6.45) is 14.8. The van der Waals surface area contributed by atoms with Gasteiger partial charge in [-0.1, -0.05) is 82.8 Å². The summed E-state index contributed by atoms with van der Waals surface area (Å²) in [7, 11) is -0.0127. The highest BCUT2D eigenvalue weighted by Gasteiger charge is 2.33. The Morgan fingerprint density at radius 1 is 0.708 bits per heavy atom. The fourth-order valence-corrected chi connectivity index (χ4v) is 9.22. The van der Waals surface area contributed by atoms with Gasteiger partial charge < -0.3 is 0 Å². The van der Waals surface area contributed by atoms with Gasteiger partial charge in [0.25, 0.3) is 0 Å². The molecule has 1 heteroatoms. The van der Waals surface area contributed by atoms with Gasteiger partial charge in [-0.3, -0.25) is 0 Å². The Hall–Kier alpha value is -0.870. The van der Waals surface area contributed by atoms with E-state index < -0.39 is 0 Å². The molecule has 2 aromatic carbocycles. The van der Waals surface area contributed by atoms with Crippen molar-refractivity contribution in [2.24, 2.45) is 0 Å². The maximum absolute atomic E-state index is 2.40. The lowest BCUT2D eigenvalue weighted by atomic mass is 9.99. The lowest BCUT2D eigenvalue weighted by Gasteiger charge is -2.40. The minimum atomic E-state index is -0.0127. The summed E-state index contributed by atoms with van der Waals surface area (Å²) in [5.74, 6) is 0. The molecule has 2 aliphatic carbocycles. The molecule has 2 fully saturated rings. The molecule has 0 radical (unpaired) electrons. The molecule has 0 atom stereocenters. The number of benzene rings is 2. The Labute approximate surface area is 148 Å².